The zero-order valence-corrected chi connectivity index (χ0v) is 14.8. The highest BCUT2D eigenvalue weighted by molar-refractivity contribution is 7.89. The van der Waals surface area contributed by atoms with Crippen LogP contribution in [0.3, 0.4) is 0 Å². The second kappa shape index (κ2) is 7.15. The Morgan fingerprint density at radius 1 is 1.41 bits per heavy atom. The molecule has 1 fully saturated rings. The molecule has 2 rings (SSSR count). The summed E-state index contributed by atoms with van der Waals surface area (Å²) in [5.74, 6) is 2.20. The summed E-state index contributed by atoms with van der Waals surface area (Å²) >= 11 is 0. The summed E-state index contributed by atoms with van der Waals surface area (Å²) in [6, 6.07) is 4.29. The van der Waals surface area contributed by atoms with E-state index in [0.29, 0.717) is 31.6 Å². The maximum atomic E-state index is 12.3. The molecular weight excluding hydrogens is 300 g/mol. The number of piperidine rings is 1. The molecule has 0 aromatic carbocycles. The van der Waals surface area contributed by atoms with Gasteiger partial charge in [0.15, 0.2) is 0 Å². The van der Waals surface area contributed by atoms with Crippen LogP contribution in [0, 0.1) is 12.8 Å². The van der Waals surface area contributed by atoms with Crippen LogP contribution >= 0.6 is 0 Å². The Balaban J connectivity index is 1.95. The number of nitrogens with one attached hydrogen (secondary N) is 1. The Labute approximate surface area is 134 Å². The van der Waals surface area contributed by atoms with Gasteiger partial charge in [-0.2, -0.15) is 0 Å². The Morgan fingerprint density at radius 2 is 2.14 bits per heavy atom. The molecule has 126 valence electrons. The van der Waals surface area contributed by atoms with E-state index in [9.17, 15) is 8.42 Å². The molecule has 1 aromatic heterocycles. The van der Waals surface area contributed by atoms with Crippen LogP contribution in [0.1, 0.15) is 45.1 Å². The minimum Gasteiger partial charge on any atom is -0.465 e. The molecule has 0 bridgehead atoms. The largest absolute Gasteiger partial charge is 0.465 e. The standard InChI is InChI=1S/C16H28N2O3S/c1-5-14-11-18(22(19,20)12(2)3)9-8-16(14)17-10-15-7-6-13(4)21-15/h6-7,12,14,16-17H,5,8-11H2,1-4H3/t14-,16+/m1/s1. The molecule has 1 N–H and O–H groups in total. The van der Waals surface area contributed by atoms with E-state index in [1.165, 1.54) is 0 Å². The molecule has 2 heterocycles. The van der Waals surface area contributed by atoms with Gasteiger partial charge in [0.05, 0.1) is 11.8 Å². The predicted molar refractivity (Wildman–Crippen MR) is 88.1 cm³/mol. The number of sulfonamides is 1. The number of hydrogen-bond acceptors (Lipinski definition) is 4. The highest BCUT2D eigenvalue weighted by atomic mass is 32.2. The van der Waals surface area contributed by atoms with Crippen molar-refractivity contribution in [3.05, 3.63) is 23.7 Å². The predicted octanol–water partition coefficient (Wildman–Crippen LogP) is 2.52. The number of hydrogen-bond donors (Lipinski definition) is 1. The van der Waals surface area contributed by atoms with E-state index >= 15 is 0 Å². The second-order valence-electron chi connectivity index (χ2n) is 6.41. The Morgan fingerprint density at radius 3 is 2.68 bits per heavy atom. The van der Waals surface area contributed by atoms with Gasteiger partial charge in [0.1, 0.15) is 11.5 Å². The normalized spacial score (nSPS) is 24.0. The average Bonchev–Trinajstić information content (AvgIpc) is 2.90. The zero-order valence-electron chi connectivity index (χ0n) is 14.0. The summed E-state index contributed by atoms with van der Waals surface area (Å²) in [4.78, 5) is 0. The molecule has 6 heteroatoms. The lowest BCUT2D eigenvalue weighted by Crippen LogP contribution is -2.51. The van der Waals surface area contributed by atoms with Crippen molar-refractivity contribution < 1.29 is 12.8 Å². The number of furan rings is 1. The van der Waals surface area contributed by atoms with Crippen molar-refractivity contribution in [2.24, 2.45) is 5.92 Å². The van der Waals surface area contributed by atoms with Crippen molar-refractivity contribution >= 4 is 10.0 Å². The lowest BCUT2D eigenvalue weighted by molar-refractivity contribution is 0.197. The van der Waals surface area contributed by atoms with E-state index in [-0.39, 0.29) is 5.25 Å². The van der Waals surface area contributed by atoms with Crippen molar-refractivity contribution in [1.29, 1.82) is 0 Å². The smallest absolute Gasteiger partial charge is 0.216 e. The van der Waals surface area contributed by atoms with Crippen molar-refractivity contribution in [2.75, 3.05) is 13.1 Å². The van der Waals surface area contributed by atoms with Gasteiger partial charge in [0.2, 0.25) is 10.0 Å². The minimum atomic E-state index is -3.14. The SMILES string of the molecule is CC[C@@H]1CN(S(=O)(=O)C(C)C)CC[C@@H]1NCc1ccc(C)o1. The van der Waals surface area contributed by atoms with Gasteiger partial charge in [-0.3, -0.25) is 0 Å². The number of nitrogens with zero attached hydrogens (tertiary/aromatic N) is 1. The molecule has 1 aliphatic heterocycles. The van der Waals surface area contributed by atoms with Crippen LogP contribution in [-0.4, -0.2) is 37.1 Å². The van der Waals surface area contributed by atoms with E-state index in [1.54, 1.807) is 18.2 Å². The van der Waals surface area contributed by atoms with Crippen molar-refractivity contribution in [2.45, 2.75) is 58.4 Å². The molecule has 1 aromatic rings. The fraction of sp³-hybridized carbons (Fsp3) is 0.750. The molecule has 1 aliphatic rings. The first kappa shape index (κ1) is 17.5. The molecule has 0 spiro atoms. The summed E-state index contributed by atoms with van der Waals surface area (Å²) in [5, 5.41) is 3.19. The van der Waals surface area contributed by atoms with Gasteiger partial charge in [-0.1, -0.05) is 13.3 Å². The molecule has 22 heavy (non-hydrogen) atoms. The second-order valence-corrected chi connectivity index (χ2v) is 8.90. The summed E-state index contributed by atoms with van der Waals surface area (Å²) < 4.78 is 31.9. The van der Waals surface area contributed by atoms with Gasteiger partial charge >= 0.3 is 0 Å². The molecule has 5 nitrogen and oxygen atoms in total. The van der Waals surface area contributed by atoms with E-state index in [0.717, 1.165) is 24.4 Å². The summed E-state index contributed by atoms with van der Waals surface area (Å²) in [6.07, 6.45) is 1.82. The topological polar surface area (TPSA) is 62.6 Å². The maximum absolute atomic E-state index is 12.3. The lowest BCUT2D eigenvalue weighted by Gasteiger charge is -2.38. The number of aryl methyl sites for hydroxylation is 1. The third kappa shape index (κ3) is 3.91. The fourth-order valence-corrected chi connectivity index (χ4v) is 4.38. The highest BCUT2D eigenvalue weighted by Crippen LogP contribution is 2.24. The Hall–Kier alpha value is -0.850. The quantitative estimate of drug-likeness (QED) is 0.871. The highest BCUT2D eigenvalue weighted by Gasteiger charge is 2.35. The van der Waals surface area contributed by atoms with Crippen LogP contribution in [0.25, 0.3) is 0 Å². The van der Waals surface area contributed by atoms with Gasteiger partial charge in [-0.15, -0.1) is 0 Å². The third-order valence-electron chi connectivity index (χ3n) is 4.51. The molecular formula is C16H28N2O3S. The number of rotatable bonds is 6. The first-order valence-corrected chi connectivity index (χ1v) is 9.62. The first-order chi connectivity index (χ1) is 10.3. The molecule has 0 unspecified atom stereocenters. The van der Waals surface area contributed by atoms with Crippen molar-refractivity contribution in [3.63, 3.8) is 0 Å². The molecule has 0 amide bonds. The van der Waals surface area contributed by atoms with Gasteiger partial charge in [0, 0.05) is 19.1 Å². The van der Waals surface area contributed by atoms with Crippen LogP contribution < -0.4 is 5.32 Å². The van der Waals surface area contributed by atoms with Gasteiger partial charge in [-0.25, -0.2) is 12.7 Å². The molecule has 1 saturated heterocycles. The zero-order chi connectivity index (χ0) is 16.3. The lowest BCUT2D eigenvalue weighted by atomic mass is 9.91. The summed E-state index contributed by atoms with van der Waals surface area (Å²) in [6.45, 7) is 9.48. The molecule has 0 aliphatic carbocycles. The fourth-order valence-electron chi connectivity index (χ4n) is 3.02. The third-order valence-corrected chi connectivity index (χ3v) is 6.75. The van der Waals surface area contributed by atoms with E-state index in [1.807, 2.05) is 19.1 Å². The van der Waals surface area contributed by atoms with Crippen LogP contribution in [-0.2, 0) is 16.6 Å². The Kier molecular flexibility index (Phi) is 5.69. The monoisotopic (exact) mass is 328 g/mol. The average molecular weight is 328 g/mol. The minimum absolute atomic E-state index is 0.342. The van der Waals surface area contributed by atoms with Gasteiger partial charge in [-0.05, 0) is 45.2 Å². The van der Waals surface area contributed by atoms with Crippen LogP contribution in [0.2, 0.25) is 0 Å². The molecule has 0 saturated carbocycles. The van der Waals surface area contributed by atoms with Crippen LogP contribution in [0.4, 0.5) is 0 Å². The van der Waals surface area contributed by atoms with E-state index < -0.39 is 10.0 Å². The summed E-state index contributed by atoms with van der Waals surface area (Å²) in [7, 11) is -3.14. The van der Waals surface area contributed by atoms with Gasteiger partial charge < -0.3 is 9.73 Å². The van der Waals surface area contributed by atoms with Gasteiger partial charge in [0.25, 0.3) is 0 Å². The maximum Gasteiger partial charge on any atom is 0.216 e. The summed E-state index contributed by atoms with van der Waals surface area (Å²) in [5.41, 5.74) is 0. The van der Waals surface area contributed by atoms with E-state index in [4.69, 9.17) is 4.42 Å². The van der Waals surface area contributed by atoms with Crippen LogP contribution in [0.5, 0.6) is 0 Å². The van der Waals surface area contributed by atoms with E-state index in [2.05, 4.69) is 12.2 Å². The Bertz CT molecular complexity index is 580. The molecule has 0 radical (unpaired) electrons. The van der Waals surface area contributed by atoms with Crippen molar-refractivity contribution in [1.82, 2.24) is 9.62 Å². The van der Waals surface area contributed by atoms with Crippen molar-refractivity contribution in [3.8, 4) is 0 Å². The van der Waals surface area contributed by atoms with Crippen LogP contribution in [0.15, 0.2) is 16.5 Å². The first-order valence-electron chi connectivity index (χ1n) is 8.12. The molecule has 2 atom stereocenters.